The van der Waals surface area contributed by atoms with Crippen LogP contribution in [0.25, 0.3) is 22.7 Å². The zero-order valence-electron chi connectivity index (χ0n) is 8.71. The summed E-state index contributed by atoms with van der Waals surface area (Å²) < 4.78 is 5.58. The maximum absolute atomic E-state index is 5.58. The first-order chi connectivity index (χ1) is 7.83. The first kappa shape index (κ1) is 9.03. The molecule has 0 saturated heterocycles. The smallest absolute Gasteiger partial charge is 0.247 e. The van der Waals surface area contributed by atoms with Crippen LogP contribution >= 0.6 is 0 Å². The predicted molar refractivity (Wildman–Crippen MR) is 59.8 cm³/mol. The summed E-state index contributed by atoms with van der Waals surface area (Å²) in [6.07, 6.45) is 3.42. The van der Waals surface area contributed by atoms with Gasteiger partial charge < -0.3 is 4.42 Å². The summed E-state index contributed by atoms with van der Waals surface area (Å²) in [6, 6.07) is 7.54. The molecule has 0 fully saturated rings. The average molecular weight is 211 g/mol. The lowest BCUT2D eigenvalue weighted by Gasteiger charge is -1.91. The third-order valence-electron chi connectivity index (χ3n) is 2.32. The largest absolute Gasteiger partial charge is 0.418 e. The van der Waals surface area contributed by atoms with Crippen LogP contribution in [0.3, 0.4) is 0 Å². The van der Waals surface area contributed by atoms with Crippen LogP contribution in [0.1, 0.15) is 5.69 Å². The molecule has 0 bridgehead atoms. The molecular formula is C12H9N3O. The van der Waals surface area contributed by atoms with Gasteiger partial charge in [-0.2, -0.15) is 0 Å². The second-order valence-corrected chi connectivity index (χ2v) is 3.53. The normalized spacial score (nSPS) is 10.8. The molecule has 3 aromatic rings. The number of hydrogen-bond acceptors (Lipinski definition) is 4. The Bertz CT molecular complexity index is 631. The van der Waals surface area contributed by atoms with Crippen LogP contribution in [-0.2, 0) is 0 Å². The average Bonchev–Trinajstić information content (AvgIpc) is 2.73. The van der Waals surface area contributed by atoms with Gasteiger partial charge in [-0.1, -0.05) is 0 Å². The predicted octanol–water partition coefficient (Wildman–Crippen LogP) is 2.59. The van der Waals surface area contributed by atoms with Crippen molar-refractivity contribution in [3.63, 3.8) is 0 Å². The fourth-order valence-corrected chi connectivity index (χ4v) is 1.53. The van der Waals surface area contributed by atoms with E-state index in [4.69, 9.17) is 4.42 Å². The molecule has 0 amide bonds. The molecule has 0 N–H and O–H groups in total. The second kappa shape index (κ2) is 3.41. The summed E-state index contributed by atoms with van der Waals surface area (Å²) in [5.74, 6) is 0.579. The van der Waals surface area contributed by atoms with E-state index in [1.165, 1.54) is 0 Å². The van der Waals surface area contributed by atoms with Gasteiger partial charge in [-0.25, -0.2) is 9.97 Å². The van der Waals surface area contributed by atoms with E-state index in [1.54, 1.807) is 12.4 Å². The Hall–Kier alpha value is -2.23. The van der Waals surface area contributed by atoms with E-state index in [0.717, 1.165) is 16.8 Å². The summed E-state index contributed by atoms with van der Waals surface area (Å²) >= 11 is 0. The van der Waals surface area contributed by atoms with Gasteiger partial charge >= 0.3 is 0 Å². The van der Waals surface area contributed by atoms with Crippen molar-refractivity contribution in [3.05, 3.63) is 42.4 Å². The Morgan fingerprint density at radius 3 is 2.62 bits per heavy atom. The summed E-state index contributed by atoms with van der Waals surface area (Å²) in [7, 11) is 0. The highest BCUT2D eigenvalue weighted by Gasteiger charge is 2.08. The van der Waals surface area contributed by atoms with E-state index < -0.39 is 0 Å². The van der Waals surface area contributed by atoms with Crippen molar-refractivity contribution in [2.75, 3.05) is 0 Å². The Labute approximate surface area is 92.0 Å². The van der Waals surface area contributed by atoms with Crippen molar-refractivity contribution in [1.82, 2.24) is 15.0 Å². The Morgan fingerprint density at radius 1 is 1.00 bits per heavy atom. The van der Waals surface area contributed by atoms with E-state index in [0.29, 0.717) is 11.6 Å². The highest BCUT2D eigenvalue weighted by atomic mass is 16.4. The van der Waals surface area contributed by atoms with E-state index in [1.807, 2.05) is 31.2 Å². The second-order valence-electron chi connectivity index (χ2n) is 3.53. The number of aromatic nitrogens is 3. The maximum Gasteiger partial charge on any atom is 0.247 e. The number of pyridine rings is 2. The van der Waals surface area contributed by atoms with Crippen LogP contribution in [0.4, 0.5) is 0 Å². The highest BCUT2D eigenvalue weighted by molar-refractivity contribution is 5.72. The Morgan fingerprint density at radius 2 is 1.81 bits per heavy atom. The lowest BCUT2D eigenvalue weighted by molar-refractivity contribution is 0.606. The number of hydrogen-bond donors (Lipinski definition) is 0. The number of rotatable bonds is 1. The van der Waals surface area contributed by atoms with Gasteiger partial charge in [-0.15, -0.1) is 0 Å². The molecule has 3 aromatic heterocycles. The summed E-state index contributed by atoms with van der Waals surface area (Å²) in [5.41, 5.74) is 3.18. The summed E-state index contributed by atoms with van der Waals surface area (Å²) in [5, 5.41) is 0. The van der Waals surface area contributed by atoms with Crippen molar-refractivity contribution in [2.45, 2.75) is 6.92 Å². The molecule has 0 aliphatic heterocycles. The molecule has 0 aromatic carbocycles. The molecule has 0 atom stereocenters. The van der Waals surface area contributed by atoms with Crippen LogP contribution in [0.15, 0.2) is 41.1 Å². The monoisotopic (exact) mass is 211 g/mol. The molecule has 78 valence electrons. The molecule has 3 heterocycles. The maximum atomic E-state index is 5.58. The van der Waals surface area contributed by atoms with E-state index in [2.05, 4.69) is 15.0 Å². The molecule has 3 rings (SSSR count). The molecule has 0 aliphatic carbocycles. The lowest BCUT2D eigenvalue weighted by Crippen LogP contribution is -1.78. The van der Waals surface area contributed by atoms with Crippen molar-refractivity contribution >= 4 is 11.2 Å². The zero-order chi connectivity index (χ0) is 11.0. The highest BCUT2D eigenvalue weighted by Crippen LogP contribution is 2.22. The molecule has 0 saturated carbocycles. The zero-order valence-corrected chi connectivity index (χ0v) is 8.71. The number of fused-ring (bicyclic) bond motifs is 1. The van der Waals surface area contributed by atoms with Crippen LogP contribution < -0.4 is 0 Å². The lowest BCUT2D eigenvalue weighted by atomic mass is 10.3. The Balaban J connectivity index is 2.19. The summed E-state index contributed by atoms with van der Waals surface area (Å²) in [4.78, 5) is 12.6. The van der Waals surface area contributed by atoms with Crippen molar-refractivity contribution in [3.8, 4) is 11.5 Å². The topological polar surface area (TPSA) is 51.8 Å². The van der Waals surface area contributed by atoms with Crippen LogP contribution in [0.2, 0.25) is 0 Å². The minimum Gasteiger partial charge on any atom is -0.418 e. The minimum absolute atomic E-state index is 0.576. The van der Waals surface area contributed by atoms with Crippen molar-refractivity contribution in [2.24, 2.45) is 0 Å². The molecule has 0 unspecified atom stereocenters. The molecular weight excluding hydrogens is 202 g/mol. The first-order valence-corrected chi connectivity index (χ1v) is 4.97. The number of oxazole rings is 1. The van der Waals surface area contributed by atoms with E-state index in [-0.39, 0.29) is 0 Å². The molecule has 0 aliphatic rings. The number of aryl methyl sites for hydroxylation is 1. The van der Waals surface area contributed by atoms with Gasteiger partial charge in [0, 0.05) is 23.7 Å². The summed E-state index contributed by atoms with van der Waals surface area (Å²) in [6.45, 7) is 1.92. The minimum atomic E-state index is 0.576. The van der Waals surface area contributed by atoms with Crippen molar-refractivity contribution in [1.29, 1.82) is 0 Å². The molecule has 16 heavy (non-hydrogen) atoms. The quantitative estimate of drug-likeness (QED) is 0.620. The molecule has 4 nitrogen and oxygen atoms in total. The van der Waals surface area contributed by atoms with Crippen LogP contribution in [0, 0.1) is 6.92 Å². The first-order valence-electron chi connectivity index (χ1n) is 4.97. The fourth-order valence-electron chi connectivity index (χ4n) is 1.53. The van der Waals surface area contributed by atoms with Crippen LogP contribution in [-0.4, -0.2) is 15.0 Å². The number of nitrogens with zero attached hydrogens (tertiary/aromatic N) is 3. The SMILES string of the molecule is Cc1ccc2nc(-c3ccncc3)oc2n1. The van der Waals surface area contributed by atoms with Gasteiger partial charge in [-0.3, -0.25) is 4.98 Å². The molecule has 0 radical (unpaired) electrons. The van der Waals surface area contributed by atoms with Gasteiger partial charge in [0.1, 0.15) is 5.52 Å². The Kier molecular flexibility index (Phi) is 1.93. The van der Waals surface area contributed by atoms with Gasteiger partial charge in [0.25, 0.3) is 0 Å². The van der Waals surface area contributed by atoms with Crippen molar-refractivity contribution < 1.29 is 4.42 Å². The third kappa shape index (κ3) is 1.44. The van der Waals surface area contributed by atoms with Gasteiger partial charge in [0.15, 0.2) is 0 Å². The van der Waals surface area contributed by atoms with E-state index in [9.17, 15) is 0 Å². The van der Waals surface area contributed by atoms with Crippen LogP contribution in [0.5, 0.6) is 0 Å². The van der Waals surface area contributed by atoms with Gasteiger partial charge in [-0.05, 0) is 31.2 Å². The third-order valence-corrected chi connectivity index (χ3v) is 2.32. The van der Waals surface area contributed by atoms with Gasteiger partial charge in [0.05, 0.1) is 0 Å². The fraction of sp³-hybridized carbons (Fsp3) is 0.0833. The van der Waals surface area contributed by atoms with E-state index >= 15 is 0 Å². The molecule has 4 heteroatoms. The van der Waals surface area contributed by atoms with Gasteiger partial charge in [0.2, 0.25) is 11.6 Å². The standard InChI is InChI=1S/C12H9N3O/c1-8-2-3-10-12(14-8)16-11(15-10)9-4-6-13-7-5-9/h2-7H,1H3. The molecule has 0 spiro atoms.